The molecule has 0 aliphatic rings. The lowest BCUT2D eigenvalue weighted by Gasteiger charge is -2.12. The van der Waals surface area contributed by atoms with E-state index < -0.39 is 0 Å². The average Bonchev–Trinajstić information content (AvgIpc) is 2.41. The Balaban J connectivity index is 2.28. The van der Waals surface area contributed by atoms with E-state index in [0.29, 0.717) is 5.56 Å². The second kappa shape index (κ2) is 5.53. The molecule has 0 spiro atoms. The predicted octanol–water partition coefficient (Wildman–Crippen LogP) is 4.63. The van der Waals surface area contributed by atoms with Crippen LogP contribution in [0.5, 0.6) is 5.75 Å². The summed E-state index contributed by atoms with van der Waals surface area (Å²) in [6.45, 7) is 1.76. The molecule has 0 heterocycles. The van der Waals surface area contributed by atoms with Crippen LogP contribution in [-0.4, -0.2) is 7.11 Å². The zero-order chi connectivity index (χ0) is 13.1. The first kappa shape index (κ1) is 13.1. The summed E-state index contributed by atoms with van der Waals surface area (Å²) in [5.74, 6) is 0.638. The van der Waals surface area contributed by atoms with Gasteiger partial charge in [0.15, 0.2) is 0 Å². The quantitative estimate of drug-likeness (QED) is 0.751. The Morgan fingerprint density at radius 2 is 1.67 bits per heavy atom. The van der Waals surface area contributed by atoms with Gasteiger partial charge >= 0.3 is 0 Å². The summed E-state index contributed by atoms with van der Waals surface area (Å²) in [5, 5.41) is 0. The predicted molar refractivity (Wildman–Crippen MR) is 74.9 cm³/mol. The maximum atomic E-state index is 13.5. The van der Waals surface area contributed by atoms with Crippen LogP contribution in [0.3, 0.4) is 0 Å². The van der Waals surface area contributed by atoms with Gasteiger partial charge in [0.2, 0.25) is 0 Å². The van der Waals surface area contributed by atoms with E-state index in [9.17, 15) is 4.39 Å². The number of rotatable bonds is 3. The van der Waals surface area contributed by atoms with Crippen LogP contribution >= 0.6 is 15.9 Å². The van der Waals surface area contributed by atoms with Gasteiger partial charge in [-0.05, 0) is 41.8 Å². The van der Waals surface area contributed by atoms with E-state index in [0.717, 1.165) is 16.9 Å². The third kappa shape index (κ3) is 2.72. The molecule has 0 amide bonds. The molecular formula is C15H14BrFO. The highest BCUT2D eigenvalue weighted by Crippen LogP contribution is 2.32. The third-order valence-electron chi connectivity index (χ3n) is 2.90. The highest BCUT2D eigenvalue weighted by Gasteiger charge is 2.11. The SMILES string of the molecule is COc1ccc(C(Br)c2ccc(C)c(F)c2)cc1. The van der Waals surface area contributed by atoms with Crippen LogP contribution in [0.15, 0.2) is 42.5 Å². The average molecular weight is 309 g/mol. The number of aryl methyl sites for hydroxylation is 1. The van der Waals surface area contributed by atoms with E-state index >= 15 is 0 Å². The van der Waals surface area contributed by atoms with Gasteiger partial charge in [-0.15, -0.1) is 0 Å². The van der Waals surface area contributed by atoms with Crippen molar-refractivity contribution in [2.75, 3.05) is 7.11 Å². The van der Waals surface area contributed by atoms with E-state index in [4.69, 9.17) is 4.74 Å². The summed E-state index contributed by atoms with van der Waals surface area (Å²) in [5.41, 5.74) is 2.63. The van der Waals surface area contributed by atoms with Crippen molar-refractivity contribution in [3.05, 3.63) is 65.0 Å². The molecule has 18 heavy (non-hydrogen) atoms. The summed E-state index contributed by atoms with van der Waals surface area (Å²) in [4.78, 5) is -0.0153. The Kier molecular flexibility index (Phi) is 4.02. The first-order valence-electron chi connectivity index (χ1n) is 5.66. The van der Waals surface area contributed by atoms with Crippen LogP contribution in [0.2, 0.25) is 0 Å². The lowest BCUT2D eigenvalue weighted by atomic mass is 10.0. The fourth-order valence-corrected chi connectivity index (χ4v) is 2.32. The molecule has 0 bridgehead atoms. The van der Waals surface area contributed by atoms with Crippen LogP contribution < -0.4 is 4.74 Å². The van der Waals surface area contributed by atoms with Crippen molar-refractivity contribution in [3.63, 3.8) is 0 Å². The van der Waals surface area contributed by atoms with Gasteiger partial charge in [0.1, 0.15) is 11.6 Å². The van der Waals surface area contributed by atoms with Gasteiger partial charge in [-0.2, -0.15) is 0 Å². The van der Waals surface area contributed by atoms with Gasteiger partial charge in [-0.1, -0.05) is 40.2 Å². The van der Waals surface area contributed by atoms with Gasteiger partial charge in [0, 0.05) is 0 Å². The number of alkyl halides is 1. The molecule has 2 aromatic rings. The minimum absolute atomic E-state index is 0.0153. The Labute approximate surface area is 115 Å². The number of hydrogen-bond acceptors (Lipinski definition) is 1. The van der Waals surface area contributed by atoms with Crippen LogP contribution in [0.25, 0.3) is 0 Å². The van der Waals surface area contributed by atoms with Crippen molar-refractivity contribution in [2.45, 2.75) is 11.8 Å². The first-order valence-corrected chi connectivity index (χ1v) is 6.57. The van der Waals surface area contributed by atoms with E-state index in [1.807, 2.05) is 30.3 Å². The zero-order valence-electron chi connectivity index (χ0n) is 10.3. The minimum atomic E-state index is -0.175. The normalized spacial score (nSPS) is 12.2. The van der Waals surface area contributed by atoms with Gasteiger partial charge in [-0.3, -0.25) is 0 Å². The smallest absolute Gasteiger partial charge is 0.126 e. The Morgan fingerprint density at radius 3 is 2.22 bits per heavy atom. The van der Waals surface area contributed by atoms with Gasteiger partial charge in [0.25, 0.3) is 0 Å². The molecule has 0 saturated carbocycles. The number of ether oxygens (including phenoxy) is 1. The summed E-state index contributed by atoms with van der Waals surface area (Å²) in [6, 6.07) is 13.0. The van der Waals surface area contributed by atoms with E-state index in [1.165, 1.54) is 0 Å². The first-order chi connectivity index (χ1) is 8.61. The largest absolute Gasteiger partial charge is 0.497 e. The molecule has 2 rings (SSSR count). The molecule has 0 saturated heterocycles. The fourth-order valence-electron chi connectivity index (χ4n) is 1.73. The van der Waals surface area contributed by atoms with Crippen LogP contribution in [0, 0.1) is 12.7 Å². The van der Waals surface area contributed by atoms with Crippen LogP contribution in [-0.2, 0) is 0 Å². The van der Waals surface area contributed by atoms with Crippen molar-refractivity contribution >= 4 is 15.9 Å². The Morgan fingerprint density at radius 1 is 1.06 bits per heavy atom. The van der Waals surface area contributed by atoms with E-state index in [2.05, 4.69) is 15.9 Å². The molecule has 3 heteroatoms. The molecule has 0 radical (unpaired) electrons. The lowest BCUT2D eigenvalue weighted by molar-refractivity contribution is 0.414. The van der Waals surface area contributed by atoms with Crippen molar-refractivity contribution in [2.24, 2.45) is 0 Å². The molecule has 1 nitrogen and oxygen atoms in total. The van der Waals surface area contributed by atoms with Crippen LogP contribution in [0.1, 0.15) is 21.5 Å². The maximum absolute atomic E-state index is 13.5. The monoisotopic (exact) mass is 308 g/mol. The fraction of sp³-hybridized carbons (Fsp3) is 0.200. The van der Waals surface area contributed by atoms with Gasteiger partial charge < -0.3 is 4.74 Å². The lowest BCUT2D eigenvalue weighted by Crippen LogP contribution is -1.95. The minimum Gasteiger partial charge on any atom is -0.497 e. The Bertz CT molecular complexity index is 537. The maximum Gasteiger partial charge on any atom is 0.126 e. The van der Waals surface area contributed by atoms with E-state index in [-0.39, 0.29) is 10.6 Å². The summed E-state index contributed by atoms with van der Waals surface area (Å²) < 4.78 is 18.6. The number of hydrogen-bond donors (Lipinski definition) is 0. The van der Waals surface area contributed by atoms with Crippen molar-refractivity contribution in [1.82, 2.24) is 0 Å². The standard InChI is InChI=1S/C15H14BrFO/c1-10-3-4-12(9-14(10)17)15(16)11-5-7-13(18-2)8-6-11/h3-9,15H,1-2H3. The third-order valence-corrected chi connectivity index (χ3v) is 3.95. The van der Waals surface area contributed by atoms with Crippen LogP contribution in [0.4, 0.5) is 4.39 Å². The number of halogens is 2. The molecule has 0 aromatic heterocycles. The molecule has 1 atom stereocenters. The molecule has 0 N–H and O–H groups in total. The zero-order valence-corrected chi connectivity index (χ0v) is 11.9. The summed E-state index contributed by atoms with van der Waals surface area (Å²) >= 11 is 3.59. The number of benzene rings is 2. The molecular weight excluding hydrogens is 295 g/mol. The second-order valence-corrected chi connectivity index (χ2v) is 5.06. The van der Waals surface area contributed by atoms with Crippen molar-refractivity contribution in [3.8, 4) is 5.75 Å². The molecule has 0 fully saturated rings. The summed E-state index contributed by atoms with van der Waals surface area (Å²) in [6.07, 6.45) is 0. The highest BCUT2D eigenvalue weighted by molar-refractivity contribution is 9.09. The number of methoxy groups -OCH3 is 1. The molecule has 0 aliphatic heterocycles. The Hall–Kier alpha value is -1.35. The molecule has 2 aromatic carbocycles. The van der Waals surface area contributed by atoms with E-state index in [1.54, 1.807) is 26.2 Å². The topological polar surface area (TPSA) is 9.23 Å². The molecule has 0 aliphatic carbocycles. The van der Waals surface area contributed by atoms with Crippen molar-refractivity contribution < 1.29 is 9.13 Å². The van der Waals surface area contributed by atoms with Crippen molar-refractivity contribution in [1.29, 1.82) is 0 Å². The second-order valence-electron chi connectivity index (χ2n) is 4.14. The molecule has 94 valence electrons. The van der Waals surface area contributed by atoms with Gasteiger partial charge in [-0.25, -0.2) is 4.39 Å². The molecule has 1 unspecified atom stereocenters. The summed E-state index contributed by atoms with van der Waals surface area (Å²) in [7, 11) is 1.63. The van der Waals surface area contributed by atoms with Gasteiger partial charge in [0.05, 0.1) is 11.9 Å². The highest BCUT2D eigenvalue weighted by atomic mass is 79.9.